The van der Waals surface area contributed by atoms with Crippen LogP contribution in [0, 0.1) is 6.92 Å². The molecular weight excluding hydrogens is 250 g/mol. The van der Waals surface area contributed by atoms with Gasteiger partial charge >= 0.3 is 0 Å². The first-order valence-electron chi connectivity index (χ1n) is 5.18. The second-order valence-corrected chi connectivity index (χ2v) is 4.88. The van der Waals surface area contributed by atoms with E-state index in [-0.39, 0.29) is 0 Å². The second kappa shape index (κ2) is 9.32. The minimum atomic E-state index is -3.67. The quantitative estimate of drug-likeness (QED) is 0.745. The molecule has 1 heterocycles. The number of aryl methyl sites for hydroxylation is 1. The minimum absolute atomic E-state index is 0.715. The highest BCUT2D eigenvalue weighted by Crippen LogP contribution is 1.92. The van der Waals surface area contributed by atoms with Crippen LogP contribution in [-0.4, -0.2) is 24.2 Å². The molecule has 0 fully saturated rings. The van der Waals surface area contributed by atoms with E-state index in [9.17, 15) is 8.42 Å². The summed E-state index contributed by atoms with van der Waals surface area (Å²) in [5.41, 5.74) is 1.32. The molecule has 0 aliphatic rings. The summed E-state index contributed by atoms with van der Waals surface area (Å²) in [6, 6.07) is 16.0. The molecule has 0 amide bonds. The summed E-state index contributed by atoms with van der Waals surface area (Å²) in [6.45, 7) is 2.08. The molecule has 5 heteroatoms. The lowest BCUT2D eigenvalue weighted by atomic mass is 10.2. The molecule has 2 rings (SSSR count). The Morgan fingerprint density at radius 3 is 1.50 bits per heavy atom. The van der Waals surface area contributed by atoms with Crippen LogP contribution in [0.4, 0.5) is 0 Å². The normalized spacial score (nSPS) is 9.28. The zero-order valence-electron chi connectivity index (χ0n) is 10.4. The van der Waals surface area contributed by atoms with E-state index in [2.05, 4.69) is 24.0 Å². The predicted octanol–water partition coefficient (Wildman–Crippen LogP) is 2.58. The first-order chi connectivity index (χ1) is 8.39. The Morgan fingerprint density at radius 1 is 0.944 bits per heavy atom. The van der Waals surface area contributed by atoms with Gasteiger partial charge in [-0.25, -0.2) is 0 Å². The maximum atomic E-state index is 9.19. The third-order valence-corrected chi connectivity index (χ3v) is 1.51. The van der Waals surface area contributed by atoms with Gasteiger partial charge in [-0.05, 0) is 19.1 Å². The Labute approximate surface area is 108 Å². The van der Waals surface area contributed by atoms with Crippen LogP contribution in [0.3, 0.4) is 0 Å². The predicted molar refractivity (Wildman–Crippen MR) is 72.9 cm³/mol. The highest BCUT2D eigenvalue weighted by Gasteiger charge is 1.81. The van der Waals surface area contributed by atoms with E-state index < -0.39 is 10.1 Å². The molecular formula is C13H17NO3S. The summed E-state index contributed by atoms with van der Waals surface area (Å²) in [7, 11) is -3.67. The Kier molecular flexibility index (Phi) is 8.43. The molecule has 1 aromatic heterocycles. The van der Waals surface area contributed by atoms with Gasteiger partial charge in [0.1, 0.15) is 0 Å². The standard InChI is InChI=1S/C7H8.C5H5N.CH4O3S/c1-7-5-3-2-4-6-7;1-2-4-6-5-3-1;1-5(2,3)4/h2-6H,1H3;1-5H;1H3,(H,2,3,4). The van der Waals surface area contributed by atoms with Crippen molar-refractivity contribution < 1.29 is 13.0 Å². The molecule has 0 aliphatic heterocycles. The molecule has 0 aliphatic carbocycles. The molecule has 0 bridgehead atoms. The number of aromatic nitrogens is 1. The summed E-state index contributed by atoms with van der Waals surface area (Å²) < 4.78 is 25.9. The van der Waals surface area contributed by atoms with E-state index in [1.807, 2.05) is 36.4 Å². The Balaban J connectivity index is 0.000000245. The Hall–Kier alpha value is -1.72. The monoisotopic (exact) mass is 267 g/mol. The lowest BCUT2D eigenvalue weighted by molar-refractivity contribution is 0.490. The van der Waals surface area contributed by atoms with Gasteiger partial charge in [-0.3, -0.25) is 9.54 Å². The third-order valence-electron chi connectivity index (χ3n) is 1.51. The van der Waals surface area contributed by atoms with Crippen molar-refractivity contribution in [3.63, 3.8) is 0 Å². The van der Waals surface area contributed by atoms with Gasteiger partial charge in [0.2, 0.25) is 0 Å². The van der Waals surface area contributed by atoms with Gasteiger partial charge < -0.3 is 0 Å². The molecule has 0 saturated heterocycles. The summed E-state index contributed by atoms with van der Waals surface area (Å²) in [5, 5.41) is 0. The smallest absolute Gasteiger partial charge is 0.261 e. The van der Waals surface area contributed by atoms with Gasteiger partial charge in [0.15, 0.2) is 0 Å². The molecule has 0 spiro atoms. The number of hydrogen-bond donors (Lipinski definition) is 1. The first kappa shape index (κ1) is 16.3. The average Bonchev–Trinajstić information content (AvgIpc) is 2.31. The van der Waals surface area contributed by atoms with Crippen LogP contribution in [0.5, 0.6) is 0 Å². The zero-order chi connectivity index (χ0) is 13.9. The number of nitrogens with zero attached hydrogens (tertiary/aromatic N) is 1. The molecule has 0 atom stereocenters. The van der Waals surface area contributed by atoms with Crippen LogP contribution in [0.15, 0.2) is 60.9 Å². The van der Waals surface area contributed by atoms with E-state index in [0.717, 1.165) is 0 Å². The van der Waals surface area contributed by atoms with Crippen LogP contribution in [0.2, 0.25) is 0 Å². The third kappa shape index (κ3) is 16.7. The molecule has 0 unspecified atom stereocenters. The molecule has 0 saturated carbocycles. The summed E-state index contributed by atoms with van der Waals surface area (Å²) in [4.78, 5) is 3.78. The van der Waals surface area contributed by atoms with E-state index in [4.69, 9.17) is 4.55 Å². The van der Waals surface area contributed by atoms with E-state index in [1.165, 1.54) is 5.56 Å². The lowest BCUT2D eigenvalue weighted by Crippen LogP contribution is -1.88. The van der Waals surface area contributed by atoms with Crippen molar-refractivity contribution in [2.45, 2.75) is 6.92 Å². The van der Waals surface area contributed by atoms with Gasteiger partial charge in [0, 0.05) is 12.4 Å². The minimum Gasteiger partial charge on any atom is -0.286 e. The number of pyridine rings is 1. The van der Waals surface area contributed by atoms with Crippen LogP contribution in [-0.2, 0) is 10.1 Å². The fourth-order valence-electron chi connectivity index (χ4n) is 0.847. The molecule has 18 heavy (non-hydrogen) atoms. The molecule has 4 nitrogen and oxygen atoms in total. The van der Waals surface area contributed by atoms with Crippen molar-refractivity contribution in [1.29, 1.82) is 0 Å². The van der Waals surface area contributed by atoms with Crippen LogP contribution < -0.4 is 0 Å². The molecule has 0 radical (unpaired) electrons. The van der Waals surface area contributed by atoms with Crippen LogP contribution in [0.1, 0.15) is 5.56 Å². The topological polar surface area (TPSA) is 67.3 Å². The summed E-state index contributed by atoms with van der Waals surface area (Å²) in [6.07, 6.45) is 4.22. The number of benzene rings is 1. The molecule has 1 N–H and O–H groups in total. The van der Waals surface area contributed by atoms with E-state index in [1.54, 1.807) is 12.4 Å². The fourth-order valence-corrected chi connectivity index (χ4v) is 0.847. The van der Waals surface area contributed by atoms with Gasteiger partial charge in [-0.15, -0.1) is 0 Å². The molecule has 2 aromatic rings. The largest absolute Gasteiger partial charge is 0.286 e. The lowest BCUT2D eigenvalue weighted by Gasteiger charge is -1.82. The maximum Gasteiger partial charge on any atom is 0.261 e. The Morgan fingerprint density at radius 2 is 1.33 bits per heavy atom. The Bertz CT molecular complexity index is 464. The second-order valence-electron chi connectivity index (χ2n) is 3.41. The summed E-state index contributed by atoms with van der Waals surface area (Å²) in [5.74, 6) is 0. The van der Waals surface area contributed by atoms with Crippen molar-refractivity contribution in [1.82, 2.24) is 4.98 Å². The van der Waals surface area contributed by atoms with Crippen molar-refractivity contribution in [2.24, 2.45) is 0 Å². The molecule has 98 valence electrons. The highest BCUT2D eigenvalue weighted by atomic mass is 32.2. The first-order valence-corrected chi connectivity index (χ1v) is 7.03. The maximum absolute atomic E-state index is 9.19. The van der Waals surface area contributed by atoms with Gasteiger partial charge in [-0.2, -0.15) is 8.42 Å². The average molecular weight is 267 g/mol. The van der Waals surface area contributed by atoms with Crippen LogP contribution in [0.25, 0.3) is 0 Å². The van der Waals surface area contributed by atoms with Crippen molar-refractivity contribution in [3.05, 3.63) is 66.5 Å². The van der Waals surface area contributed by atoms with Gasteiger partial charge in [0.25, 0.3) is 10.1 Å². The van der Waals surface area contributed by atoms with E-state index in [0.29, 0.717) is 6.26 Å². The number of hydrogen-bond acceptors (Lipinski definition) is 3. The van der Waals surface area contributed by atoms with Gasteiger partial charge in [0.05, 0.1) is 6.26 Å². The molecule has 1 aromatic carbocycles. The van der Waals surface area contributed by atoms with Gasteiger partial charge in [-0.1, -0.05) is 42.0 Å². The van der Waals surface area contributed by atoms with Crippen molar-refractivity contribution in [3.8, 4) is 0 Å². The zero-order valence-corrected chi connectivity index (χ0v) is 11.2. The van der Waals surface area contributed by atoms with Crippen LogP contribution >= 0.6 is 0 Å². The van der Waals surface area contributed by atoms with Crippen molar-refractivity contribution >= 4 is 10.1 Å². The number of rotatable bonds is 0. The summed E-state index contributed by atoms with van der Waals surface area (Å²) >= 11 is 0. The fraction of sp³-hybridized carbons (Fsp3) is 0.154. The van der Waals surface area contributed by atoms with Crippen molar-refractivity contribution in [2.75, 3.05) is 6.26 Å². The van der Waals surface area contributed by atoms with E-state index >= 15 is 0 Å². The SMILES string of the molecule is CS(=O)(=O)O.Cc1ccccc1.c1ccncc1. The highest BCUT2D eigenvalue weighted by molar-refractivity contribution is 7.85.